The molecule has 0 atom stereocenters. The Kier molecular flexibility index (Phi) is 4.44. The van der Waals surface area contributed by atoms with Crippen LogP contribution in [-0.2, 0) is 16.2 Å². The Balaban J connectivity index is 2.13. The van der Waals surface area contributed by atoms with Gasteiger partial charge in [-0.3, -0.25) is 4.79 Å². The number of hydrogen-bond acceptors (Lipinski definition) is 3. The molecule has 0 saturated carbocycles. The van der Waals surface area contributed by atoms with Crippen LogP contribution < -0.4 is 10.5 Å². The molecule has 3 N–H and O–H groups in total. The minimum absolute atomic E-state index is 0.0357. The lowest BCUT2D eigenvalue weighted by Crippen LogP contribution is -2.14. The molecule has 0 fully saturated rings. The minimum atomic E-state index is -4.47. The van der Waals surface area contributed by atoms with E-state index in [9.17, 15) is 26.4 Å². The van der Waals surface area contributed by atoms with Crippen molar-refractivity contribution >= 4 is 21.6 Å². The zero-order chi connectivity index (χ0) is 17.3. The highest BCUT2D eigenvalue weighted by Crippen LogP contribution is 2.29. The number of primary sulfonamides is 1. The summed E-state index contributed by atoms with van der Waals surface area (Å²) < 4.78 is 59.5. The van der Waals surface area contributed by atoms with Gasteiger partial charge in [-0.25, -0.2) is 13.6 Å². The SMILES string of the molecule is NS(=O)(=O)c1ccc(NC(=O)c2ccc(C(F)(F)F)cc2)cc1. The van der Waals surface area contributed by atoms with E-state index >= 15 is 0 Å². The van der Waals surface area contributed by atoms with Gasteiger partial charge in [-0.1, -0.05) is 0 Å². The zero-order valence-electron chi connectivity index (χ0n) is 11.5. The summed E-state index contributed by atoms with van der Waals surface area (Å²) in [6.07, 6.45) is -4.47. The van der Waals surface area contributed by atoms with E-state index in [1.165, 1.54) is 24.3 Å². The zero-order valence-corrected chi connectivity index (χ0v) is 12.3. The number of alkyl halides is 3. The van der Waals surface area contributed by atoms with E-state index in [-0.39, 0.29) is 16.1 Å². The molecule has 0 unspecified atom stereocenters. The first-order valence-corrected chi connectivity index (χ1v) is 7.73. The van der Waals surface area contributed by atoms with Gasteiger partial charge >= 0.3 is 6.18 Å². The Bertz CT molecular complexity index is 814. The number of halogens is 3. The van der Waals surface area contributed by atoms with Crippen LogP contribution in [0.15, 0.2) is 53.4 Å². The van der Waals surface area contributed by atoms with Gasteiger partial charge in [0.05, 0.1) is 10.5 Å². The van der Waals surface area contributed by atoms with Crippen LogP contribution in [0.1, 0.15) is 15.9 Å². The van der Waals surface area contributed by atoms with Crippen molar-refractivity contribution in [1.29, 1.82) is 0 Å². The summed E-state index contributed by atoms with van der Waals surface area (Å²) in [6.45, 7) is 0. The number of nitrogens with two attached hydrogens (primary N) is 1. The Hall–Kier alpha value is -2.39. The minimum Gasteiger partial charge on any atom is -0.322 e. The molecule has 0 radical (unpaired) electrons. The smallest absolute Gasteiger partial charge is 0.322 e. The Labute approximate surface area is 130 Å². The molecular formula is C14H11F3N2O3S. The van der Waals surface area contributed by atoms with Gasteiger partial charge in [0, 0.05) is 11.3 Å². The van der Waals surface area contributed by atoms with Crippen molar-refractivity contribution in [2.45, 2.75) is 11.1 Å². The van der Waals surface area contributed by atoms with Crippen molar-refractivity contribution in [3.05, 3.63) is 59.7 Å². The van der Waals surface area contributed by atoms with Crippen molar-refractivity contribution in [1.82, 2.24) is 0 Å². The first-order chi connectivity index (χ1) is 10.6. The van der Waals surface area contributed by atoms with E-state index in [0.717, 1.165) is 24.3 Å². The summed E-state index contributed by atoms with van der Waals surface area (Å²) >= 11 is 0. The van der Waals surface area contributed by atoms with E-state index < -0.39 is 27.7 Å². The molecule has 2 aromatic carbocycles. The van der Waals surface area contributed by atoms with Crippen molar-refractivity contribution in [3.63, 3.8) is 0 Å². The van der Waals surface area contributed by atoms with E-state index in [2.05, 4.69) is 5.32 Å². The lowest BCUT2D eigenvalue weighted by molar-refractivity contribution is -0.137. The fraction of sp³-hybridized carbons (Fsp3) is 0.0714. The molecule has 0 aliphatic rings. The second kappa shape index (κ2) is 6.01. The number of amides is 1. The molecule has 0 aliphatic carbocycles. The van der Waals surface area contributed by atoms with Gasteiger partial charge in [0.1, 0.15) is 0 Å². The van der Waals surface area contributed by atoms with E-state index in [4.69, 9.17) is 5.14 Å². The maximum Gasteiger partial charge on any atom is 0.416 e. The maximum absolute atomic E-state index is 12.4. The summed E-state index contributed by atoms with van der Waals surface area (Å²) in [5, 5.41) is 7.38. The molecule has 0 aromatic heterocycles. The quantitative estimate of drug-likeness (QED) is 0.897. The molecule has 122 valence electrons. The highest BCUT2D eigenvalue weighted by Gasteiger charge is 2.30. The van der Waals surface area contributed by atoms with Crippen LogP contribution in [0.5, 0.6) is 0 Å². The predicted octanol–water partition coefficient (Wildman–Crippen LogP) is 2.61. The predicted molar refractivity (Wildman–Crippen MR) is 77.2 cm³/mol. The van der Waals surface area contributed by atoms with Crippen molar-refractivity contribution in [2.24, 2.45) is 5.14 Å². The number of sulfonamides is 1. The summed E-state index contributed by atoms with van der Waals surface area (Å²) in [5.74, 6) is -0.623. The number of rotatable bonds is 3. The van der Waals surface area contributed by atoms with Gasteiger partial charge in [0.25, 0.3) is 5.91 Å². The average Bonchev–Trinajstić information content (AvgIpc) is 2.46. The maximum atomic E-state index is 12.4. The highest BCUT2D eigenvalue weighted by atomic mass is 32.2. The van der Waals surface area contributed by atoms with Crippen molar-refractivity contribution in [2.75, 3.05) is 5.32 Å². The Morgan fingerprint density at radius 2 is 1.48 bits per heavy atom. The lowest BCUT2D eigenvalue weighted by Gasteiger charge is -2.08. The molecule has 5 nitrogen and oxygen atoms in total. The molecule has 0 spiro atoms. The van der Waals surface area contributed by atoms with E-state index in [1.54, 1.807) is 0 Å². The van der Waals surface area contributed by atoms with Crippen LogP contribution in [0, 0.1) is 0 Å². The Morgan fingerprint density at radius 3 is 1.91 bits per heavy atom. The van der Waals surface area contributed by atoms with Crippen LogP contribution in [-0.4, -0.2) is 14.3 Å². The highest BCUT2D eigenvalue weighted by molar-refractivity contribution is 7.89. The number of nitrogens with one attached hydrogen (secondary N) is 1. The van der Waals surface area contributed by atoms with Gasteiger partial charge in [-0.2, -0.15) is 13.2 Å². The number of carbonyl (C=O) groups excluding carboxylic acids is 1. The topological polar surface area (TPSA) is 89.3 Å². The van der Waals surface area contributed by atoms with E-state index in [1.807, 2.05) is 0 Å². The molecule has 9 heteroatoms. The largest absolute Gasteiger partial charge is 0.416 e. The molecule has 0 bridgehead atoms. The van der Waals surface area contributed by atoms with Crippen LogP contribution in [0.2, 0.25) is 0 Å². The first-order valence-electron chi connectivity index (χ1n) is 6.19. The molecule has 0 heterocycles. The van der Waals surface area contributed by atoms with E-state index in [0.29, 0.717) is 0 Å². The fourth-order valence-electron chi connectivity index (χ4n) is 1.74. The van der Waals surface area contributed by atoms with Crippen LogP contribution >= 0.6 is 0 Å². The van der Waals surface area contributed by atoms with Crippen molar-refractivity contribution < 1.29 is 26.4 Å². The second-order valence-corrected chi connectivity index (χ2v) is 6.16. The number of hydrogen-bond donors (Lipinski definition) is 2. The van der Waals surface area contributed by atoms with Crippen LogP contribution in [0.25, 0.3) is 0 Å². The number of benzene rings is 2. The molecule has 1 amide bonds. The second-order valence-electron chi connectivity index (χ2n) is 4.60. The van der Waals surface area contributed by atoms with Gasteiger partial charge < -0.3 is 5.32 Å². The third kappa shape index (κ3) is 4.30. The molecular weight excluding hydrogens is 333 g/mol. The fourth-order valence-corrected chi connectivity index (χ4v) is 2.26. The van der Waals surface area contributed by atoms with Gasteiger partial charge in [-0.15, -0.1) is 0 Å². The molecule has 23 heavy (non-hydrogen) atoms. The lowest BCUT2D eigenvalue weighted by atomic mass is 10.1. The summed E-state index contributed by atoms with van der Waals surface area (Å²) in [6, 6.07) is 8.77. The third-order valence-corrected chi connectivity index (χ3v) is 3.84. The summed E-state index contributed by atoms with van der Waals surface area (Å²) in [4.78, 5) is 11.8. The average molecular weight is 344 g/mol. The molecule has 0 saturated heterocycles. The summed E-state index contributed by atoms with van der Waals surface area (Å²) in [5.41, 5.74) is -0.539. The number of anilines is 1. The monoisotopic (exact) mass is 344 g/mol. The first kappa shape index (κ1) is 17.0. The summed E-state index contributed by atoms with van der Waals surface area (Å²) in [7, 11) is -3.84. The van der Waals surface area contributed by atoms with Gasteiger partial charge in [-0.05, 0) is 48.5 Å². The van der Waals surface area contributed by atoms with Crippen molar-refractivity contribution in [3.8, 4) is 0 Å². The standard InChI is InChI=1S/C14H11F3N2O3S/c15-14(16,17)10-3-1-9(2-4-10)13(20)19-11-5-7-12(8-6-11)23(18,21)22/h1-8H,(H,19,20)(H2,18,21,22). The van der Waals surface area contributed by atoms with Gasteiger partial charge in [0.2, 0.25) is 10.0 Å². The van der Waals surface area contributed by atoms with Gasteiger partial charge in [0.15, 0.2) is 0 Å². The molecule has 0 aliphatic heterocycles. The molecule has 2 rings (SSSR count). The number of carbonyl (C=O) groups is 1. The Morgan fingerprint density at radius 1 is 0.957 bits per heavy atom. The van der Waals surface area contributed by atoms with Crippen LogP contribution in [0.4, 0.5) is 18.9 Å². The third-order valence-electron chi connectivity index (χ3n) is 2.92. The normalized spacial score (nSPS) is 12.0. The van der Waals surface area contributed by atoms with Crippen LogP contribution in [0.3, 0.4) is 0 Å². The molecule has 2 aromatic rings.